The van der Waals surface area contributed by atoms with Crippen LogP contribution in [0.25, 0.3) is 0 Å². The minimum Gasteiger partial charge on any atom is -0.463 e. The molecule has 0 bridgehead atoms. The van der Waals surface area contributed by atoms with Crippen LogP contribution in [-0.2, 0) is 24.7 Å². The summed E-state index contributed by atoms with van der Waals surface area (Å²) in [5.41, 5.74) is -3.16. The van der Waals surface area contributed by atoms with Gasteiger partial charge in [-0.15, -0.1) is 0 Å². The van der Waals surface area contributed by atoms with E-state index in [1.54, 1.807) is 45.9 Å². The van der Waals surface area contributed by atoms with Crippen molar-refractivity contribution in [3.05, 3.63) is 35.9 Å². The summed E-state index contributed by atoms with van der Waals surface area (Å²) in [5, 5.41) is 10.6. The highest BCUT2D eigenvalue weighted by Crippen LogP contribution is 2.27. The first kappa shape index (κ1) is 16.2. The van der Waals surface area contributed by atoms with Crippen molar-refractivity contribution in [2.24, 2.45) is 0 Å². The van der Waals surface area contributed by atoms with E-state index < -0.39 is 23.1 Å². The Morgan fingerprint density at radius 2 is 1.65 bits per heavy atom. The standard InChI is InChI=1S/C15H20O5/c1-5-19-12(16)15(18,11-9-7-6-8-10-11)13(17)20-14(2,3)4/h6-10,18H,5H2,1-4H3/t15-/m0/s1. The lowest BCUT2D eigenvalue weighted by molar-refractivity contribution is -0.192. The van der Waals surface area contributed by atoms with Crippen LogP contribution in [0.5, 0.6) is 0 Å². The van der Waals surface area contributed by atoms with E-state index in [-0.39, 0.29) is 12.2 Å². The van der Waals surface area contributed by atoms with E-state index in [0.717, 1.165) is 0 Å². The third-order valence-corrected chi connectivity index (χ3v) is 2.46. The molecule has 1 aromatic carbocycles. The number of carbonyl (C=O) groups excluding carboxylic acids is 2. The van der Waals surface area contributed by atoms with Gasteiger partial charge in [0.25, 0.3) is 5.60 Å². The quantitative estimate of drug-likeness (QED) is 0.672. The highest BCUT2D eigenvalue weighted by molar-refractivity contribution is 6.04. The predicted molar refractivity (Wildman–Crippen MR) is 72.8 cm³/mol. The molecule has 5 heteroatoms. The zero-order valence-electron chi connectivity index (χ0n) is 12.2. The number of benzene rings is 1. The van der Waals surface area contributed by atoms with Crippen molar-refractivity contribution in [3.63, 3.8) is 0 Å². The third-order valence-electron chi connectivity index (χ3n) is 2.46. The van der Waals surface area contributed by atoms with E-state index in [2.05, 4.69) is 0 Å². The van der Waals surface area contributed by atoms with Crippen molar-refractivity contribution < 1.29 is 24.2 Å². The van der Waals surface area contributed by atoms with Gasteiger partial charge >= 0.3 is 11.9 Å². The molecule has 0 aliphatic rings. The fraction of sp³-hybridized carbons (Fsp3) is 0.467. The molecule has 20 heavy (non-hydrogen) atoms. The van der Waals surface area contributed by atoms with Gasteiger partial charge in [-0.1, -0.05) is 30.3 Å². The maximum Gasteiger partial charge on any atom is 0.355 e. The van der Waals surface area contributed by atoms with Crippen LogP contribution in [0, 0.1) is 0 Å². The number of rotatable bonds is 4. The van der Waals surface area contributed by atoms with Crippen LogP contribution in [0.1, 0.15) is 33.3 Å². The van der Waals surface area contributed by atoms with Gasteiger partial charge in [0.2, 0.25) is 0 Å². The Morgan fingerprint density at radius 1 is 1.10 bits per heavy atom. The molecule has 0 fully saturated rings. The summed E-state index contributed by atoms with van der Waals surface area (Å²) in [6.45, 7) is 6.61. The number of hydrogen-bond donors (Lipinski definition) is 1. The van der Waals surface area contributed by atoms with Gasteiger partial charge < -0.3 is 14.6 Å². The van der Waals surface area contributed by atoms with Gasteiger partial charge in [-0.2, -0.15) is 0 Å². The van der Waals surface area contributed by atoms with Crippen LogP contribution >= 0.6 is 0 Å². The average molecular weight is 280 g/mol. The van der Waals surface area contributed by atoms with Crippen molar-refractivity contribution in [3.8, 4) is 0 Å². The summed E-state index contributed by atoms with van der Waals surface area (Å²) in [7, 11) is 0. The lowest BCUT2D eigenvalue weighted by Crippen LogP contribution is -2.48. The van der Waals surface area contributed by atoms with Crippen LogP contribution in [0.4, 0.5) is 0 Å². The highest BCUT2D eigenvalue weighted by Gasteiger charge is 2.50. The van der Waals surface area contributed by atoms with Crippen molar-refractivity contribution in [1.29, 1.82) is 0 Å². The van der Waals surface area contributed by atoms with Crippen LogP contribution in [-0.4, -0.2) is 29.3 Å². The lowest BCUT2D eigenvalue weighted by Gasteiger charge is -2.28. The molecule has 0 radical (unpaired) electrons. The summed E-state index contributed by atoms with van der Waals surface area (Å²) in [5.74, 6) is -2.09. The van der Waals surface area contributed by atoms with Crippen LogP contribution in [0.15, 0.2) is 30.3 Å². The van der Waals surface area contributed by atoms with Crippen molar-refractivity contribution in [2.45, 2.75) is 38.9 Å². The molecule has 0 aromatic heterocycles. The van der Waals surface area contributed by atoms with Gasteiger partial charge in [-0.25, -0.2) is 9.59 Å². The predicted octanol–water partition coefficient (Wildman–Crippen LogP) is 1.78. The smallest absolute Gasteiger partial charge is 0.355 e. The Morgan fingerprint density at radius 3 is 2.10 bits per heavy atom. The maximum atomic E-state index is 12.2. The zero-order valence-corrected chi connectivity index (χ0v) is 12.2. The SMILES string of the molecule is CCOC(=O)[C@](O)(C(=O)OC(C)(C)C)c1ccccc1. The fourth-order valence-corrected chi connectivity index (χ4v) is 1.59. The second-order valence-electron chi connectivity index (χ2n) is 5.30. The molecule has 0 aliphatic carbocycles. The summed E-state index contributed by atoms with van der Waals surface area (Å²) in [6, 6.07) is 7.89. The first-order valence-electron chi connectivity index (χ1n) is 6.40. The minimum atomic E-state index is -2.45. The first-order chi connectivity index (χ1) is 9.21. The summed E-state index contributed by atoms with van der Waals surface area (Å²) < 4.78 is 9.94. The molecular formula is C15H20O5. The third kappa shape index (κ3) is 3.57. The largest absolute Gasteiger partial charge is 0.463 e. The van der Waals surface area contributed by atoms with Crippen molar-refractivity contribution in [1.82, 2.24) is 0 Å². The first-order valence-corrected chi connectivity index (χ1v) is 6.40. The Labute approximate surface area is 118 Å². The van der Waals surface area contributed by atoms with E-state index in [9.17, 15) is 14.7 Å². The maximum absolute atomic E-state index is 12.2. The topological polar surface area (TPSA) is 72.8 Å². The summed E-state index contributed by atoms with van der Waals surface area (Å²) >= 11 is 0. The lowest BCUT2D eigenvalue weighted by atomic mass is 9.93. The molecule has 0 saturated carbocycles. The molecule has 0 unspecified atom stereocenters. The Balaban J connectivity index is 3.21. The number of carbonyl (C=O) groups is 2. The molecule has 0 heterocycles. The molecule has 1 N–H and O–H groups in total. The molecular weight excluding hydrogens is 260 g/mol. The molecule has 1 rings (SSSR count). The molecule has 0 spiro atoms. The summed E-state index contributed by atoms with van der Waals surface area (Å²) in [6.07, 6.45) is 0. The Hall–Kier alpha value is -1.88. The van der Waals surface area contributed by atoms with E-state index in [0.29, 0.717) is 0 Å². The summed E-state index contributed by atoms with van der Waals surface area (Å²) in [4.78, 5) is 24.2. The number of aliphatic hydroxyl groups is 1. The molecule has 1 atom stereocenters. The molecule has 0 amide bonds. The van der Waals surface area contributed by atoms with Crippen LogP contribution in [0.3, 0.4) is 0 Å². The van der Waals surface area contributed by atoms with Crippen molar-refractivity contribution in [2.75, 3.05) is 6.61 Å². The second kappa shape index (κ2) is 6.05. The molecule has 5 nitrogen and oxygen atoms in total. The molecule has 110 valence electrons. The Bertz CT molecular complexity index is 475. The van der Waals surface area contributed by atoms with E-state index in [1.165, 1.54) is 12.1 Å². The number of ether oxygens (including phenoxy) is 2. The van der Waals surface area contributed by atoms with Crippen LogP contribution < -0.4 is 0 Å². The minimum absolute atomic E-state index is 0.0524. The van der Waals surface area contributed by atoms with E-state index >= 15 is 0 Å². The monoisotopic (exact) mass is 280 g/mol. The molecule has 1 aromatic rings. The van der Waals surface area contributed by atoms with Gasteiger partial charge in [0, 0.05) is 5.56 Å². The van der Waals surface area contributed by atoms with Gasteiger partial charge in [0.15, 0.2) is 0 Å². The average Bonchev–Trinajstić information content (AvgIpc) is 2.37. The normalized spacial score (nSPS) is 14.2. The zero-order chi connectivity index (χ0) is 15.4. The van der Waals surface area contributed by atoms with Gasteiger partial charge in [0.05, 0.1) is 6.61 Å². The van der Waals surface area contributed by atoms with E-state index in [1.807, 2.05) is 0 Å². The van der Waals surface area contributed by atoms with Crippen LogP contribution in [0.2, 0.25) is 0 Å². The van der Waals surface area contributed by atoms with Gasteiger partial charge in [0.1, 0.15) is 5.60 Å². The van der Waals surface area contributed by atoms with Gasteiger partial charge in [-0.05, 0) is 27.7 Å². The number of hydrogen-bond acceptors (Lipinski definition) is 5. The molecule has 0 aliphatic heterocycles. The second-order valence-corrected chi connectivity index (χ2v) is 5.30. The fourth-order valence-electron chi connectivity index (χ4n) is 1.59. The van der Waals surface area contributed by atoms with E-state index in [4.69, 9.17) is 9.47 Å². The van der Waals surface area contributed by atoms with Crippen molar-refractivity contribution >= 4 is 11.9 Å². The number of esters is 2. The van der Waals surface area contributed by atoms with Gasteiger partial charge in [-0.3, -0.25) is 0 Å². The molecule has 0 saturated heterocycles. The Kier molecular flexibility index (Phi) is 4.89. The highest BCUT2D eigenvalue weighted by atomic mass is 16.6.